The summed E-state index contributed by atoms with van der Waals surface area (Å²) in [6.45, 7) is 0.979. The molecule has 0 unspecified atom stereocenters. The van der Waals surface area contributed by atoms with Crippen LogP contribution in [0, 0.1) is 0 Å². The van der Waals surface area contributed by atoms with Crippen molar-refractivity contribution in [2.24, 2.45) is 0 Å². The van der Waals surface area contributed by atoms with E-state index in [0.717, 1.165) is 0 Å². The molecule has 7 heteroatoms. The lowest BCUT2D eigenvalue weighted by atomic mass is 9.98. The lowest BCUT2D eigenvalue weighted by Gasteiger charge is -2.40. The summed E-state index contributed by atoms with van der Waals surface area (Å²) < 4.78 is 5.32. The van der Waals surface area contributed by atoms with Gasteiger partial charge in [-0.2, -0.15) is 0 Å². The number of aliphatic hydroxyl groups excluding tert-OH is 4. The molecule has 0 aromatic heterocycles. The molecule has 1 heterocycles. The molecule has 1 aliphatic rings. The summed E-state index contributed by atoms with van der Waals surface area (Å²) in [5.41, 5.74) is 1.12. The Morgan fingerprint density at radius 2 is 1.76 bits per heavy atom. The zero-order chi connectivity index (χ0) is 15.6. The van der Waals surface area contributed by atoms with Crippen LogP contribution < -0.4 is 5.32 Å². The van der Waals surface area contributed by atoms with Crippen LogP contribution in [-0.4, -0.2) is 63.5 Å². The third kappa shape index (κ3) is 3.39. The third-order valence-electron chi connectivity index (χ3n) is 3.49. The van der Waals surface area contributed by atoms with E-state index in [1.807, 2.05) is 0 Å². The van der Waals surface area contributed by atoms with Crippen molar-refractivity contribution in [1.29, 1.82) is 0 Å². The summed E-state index contributed by atoms with van der Waals surface area (Å²) in [5, 5.41) is 41.2. The van der Waals surface area contributed by atoms with Crippen LogP contribution in [-0.2, 0) is 4.74 Å². The fourth-order valence-corrected chi connectivity index (χ4v) is 2.19. The number of hydrogen-bond acceptors (Lipinski definition) is 7. The van der Waals surface area contributed by atoms with E-state index in [2.05, 4.69) is 5.32 Å². The van der Waals surface area contributed by atoms with Gasteiger partial charge in [-0.1, -0.05) is 0 Å². The summed E-state index contributed by atoms with van der Waals surface area (Å²) >= 11 is 0. The first-order chi connectivity index (χ1) is 9.93. The Morgan fingerprint density at radius 1 is 1.14 bits per heavy atom. The number of carbonyl (C=O) groups is 1. The van der Waals surface area contributed by atoms with Gasteiger partial charge in [-0.25, -0.2) is 0 Å². The van der Waals surface area contributed by atoms with Crippen LogP contribution in [0.2, 0.25) is 0 Å². The predicted octanol–water partition coefficient (Wildman–Crippen LogP) is -0.899. The van der Waals surface area contributed by atoms with Gasteiger partial charge in [0.05, 0.1) is 6.61 Å². The van der Waals surface area contributed by atoms with E-state index in [9.17, 15) is 20.1 Å². The van der Waals surface area contributed by atoms with E-state index in [-0.39, 0.29) is 5.78 Å². The minimum absolute atomic E-state index is 0.0607. The first-order valence-corrected chi connectivity index (χ1v) is 6.62. The van der Waals surface area contributed by atoms with E-state index in [1.165, 1.54) is 6.92 Å². The number of ketones is 1. The van der Waals surface area contributed by atoms with Gasteiger partial charge >= 0.3 is 0 Å². The van der Waals surface area contributed by atoms with Crippen molar-refractivity contribution in [2.45, 2.75) is 37.6 Å². The van der Waals surface area contributed by atoms with Crippen LogP contribution in [0.25, 0.3) is 0 Å². The summed E-state index contributed by atoms with van der Waals surface area (Å²) in [6.07, 6.45) is -6.11. The Balaban J connectivity index is 2.08. The number of aliphatic hydroxyl groups is 4. The quantitative estimate of drug-likeness (QED) is 0.457. The van der Waals surface area contributed by atoms with Gasteiger partial charge in [0.15, 0.2) is 12.0 Å². The van der Waals surface area contributed by atoms with E-state index < -0.39 is 37.3 Å². The highest BCUT2D eigenvalue weighted by atomic mass is 16.6. The molecule has 0 spiro atoms. The molecule has 5 N–H and O–H groups in total. The first-order valence-electron chi connectivity index (χ1n) is 6.62. The Kier molecular flexibility index (Phi) is 4.92. The monoisotopic (exact) mass is 297 g/mol. The zero-order valence-corrected chi connectivity index (χ0v) is 11.5. The molecule has 7 nitrogen and oxygen atoms in total. The fourth-order valence-electron chi connectivity index (χ4n) is 2.19. The molecule has 0 amide bonds. The number of ether oxygens (including phenoxy) is 1. The summed E-state index contributed by atoms with van der Waals surface area (Å²) in [6, 6.07) is 6.51. The maximum absolute atomic E-state index is 11.2. The second kappa shape index (κ2) is 6.50. The van der Waals surface area contributed by atoms with Crippen molar-refractivity contribution in [3.8, 4) is 0 Å². The minimum atomic E-state index is -1.43. The first kappa shape index (κ1) is 15.9. The van der Waals surface area contributed by atoms with Gasteiger partial charge in [-0.05, 0) is 31.2 Å². The Morgan fingerprint density at radius 3 is 2.29 bits per heavy atom. The third-order valence-corrected chi connectivity index (χ3v) is 3.49. The van der Waals surface area contributed by atoms with Crippen LogP contribution in [0.4, 0.5) is 5.69 Å². The van der Waals surface area contributed by atoms with Crippen molar-refractivity contribution in [3.05, 3.63) is 29.8 Å². The molecule has 1 saturated heterocycles. The van der Waals surface area contributed by atoms with Crippen molar-refractivity contribution >= 4 is 11.5 Å². The van der Waals surface area contributed by atoms with Gasteiger partial charge in [0.1, 0.15) is 24.4 Å². The normalized spacial score (nSPS) is 32.7. The lowest BCUT2D eigenvalue weighted by molar-refractivity contribution is -0.221. The number of anilines is 1. The second-order valence-electron chi connectivity index (χ2n) is 5.03. The largest absolute Gasteiger partial charge is 0.394 e. The molecule has 0 bridgehead atoms. The molecule has 5 atom stereocenters. The van der Waals surface area contributed by atoms with Crippen molar-refractivity contribution in [2.75, 3.05) is 11.9 Å². The van der Waals surface area contributed by atoms with Gasteiger partial charge < -0.3 is 30.5 Å². The molecule has 1 aromatic rings. The maximum Gasteiger partial charge on any atom is 0.159 e. The molecule has 0 aliphatic carbocycles. The Bertz CT molecular complexity index is 489. The van der Waals surface area contributed by atoms with E-state index in [4.69, 9.17) is 9.84 Å². The second-order valence-corrected chi connectivity index (χ2v) is 5.03. The molecular formula is C14H19NO6. The molecule has 21 heavy (non-hydrogen) atoms. The van der Waals surface area contributed by atoms with Crippen LogP contribution in [0.1, 0.15) is 17.3 Å². The number of carbonyl (C=O) groups excluding carboxylic acids is 1. The summed E-state index contributed by atoms with van der Waals surface area (Å²) in [7, 11) is 0. The van der Waals surface area contributed by atoms with Crippen LogP contribution >= 0.6 is 0 Å². The summed E-state index contributed by atoms with van der Waals surface area (Å²) in [5.74, 6) is -0.0607. The van der Waals surface area contributed by atoms with Crippen molar-refractivity contribution < 1.29 is 30.0 Å². The molecule has 1 fully saturated rings. The number of Topliss-reactive ketones (excluding diaryl/α,β-unsaturated/α-hetero) is 1. The number of nitrogens with one attached hydrogen (secondary N) is 1. The topological polar surface area (TPSA) is 119 Å². The average molecular weight is 297 g/mol. The molecule has 1 aliphatic heterocycles. The van der Waals surface area contributed by atoms with Gasteiger partial charge in [0.2, 0.25) is 0 Å². The number of rotatable bonds is 4. The van der Waals surface area contributed by atoms with E-state index in [0.29, 0.717) is 11.3 Å². The van der Waals surface area contributed by atoms with Crippen molar-refractivity contribution in [3.63, 3.8) is 0 Å². The Hall–Kier alpha value is -1.51. The average Bonchev–Trinajstić information content (AvgIpc) is 2.48. The molecule has 1 aromatic carbocycles. The highest BCUT2D eigenvalue weighted by molar-refractivity contribution is 5.94. The maximum atomic E-state index is 11.2. The fraction of sp³-hybridized carbons (Fsp3) is 0.500. The van der Waals surface area contributed by atoms with Crippen LogP contribution in [0.5, 0.6) is 0 Å². The predicted molar refractivity (Wildman–Crippen MR) is 73.8 cm³/mol. The zero-order valence-electron chi connectivity index (χ0n) is 11.5. The molecule has 116 valence electrons. The molecule has 0 saturated carbocycles. The van der Waals surface area contributed by atoms with Gasteiger partial charge in [-0.3, -0.25) is 4.79 Å². The standard InChI is InChI=1S/C14H19NO6/c1-7(17)8-2-4-9(5-3-8)15-14-13(20)12(19)11(18)10(6-16)21-14/h2-5,10-16,18-20H,6H2,1H3/t10-,11+,12-,13-,14-/m1/s1. The van der Waals surface area contributed by atoms with Gasteiger partial charge in [0, 0.05) is 11.3 Å². The highest BCUT2D eigenvalue weighted by Crippen LogP contribution is 2.23. The molecular weight excluding hydrogens is 278 g/mol. The van der Waals surface area contributed by atoms with E-state index >= 15 is 0 Å². The van der Waals surface area contributed by atoms with Crippen molar-refractivity contribution in [1.82, 2.24) is 0 Å². The van der Waals surface area contributed by atoms with Gasteiger partial charge in [0.25, 0.3) is 0 Å². The smallest absolute Gasteiger partial charge is 0.159 e. The molecule has 2 rings (SSSR count). The number of hydrogen-bond donors (Lipinski definition) is 5. The van der Waals surface area contributed by atoms with Gasteiger partial charge in [-0.15, -0.1) is 0 Å². The minimum Gasteiger partial charge on any atom is -0.394 e. The lowest BCUT2D eigenvalue weighted by Crippen LogP contribution is -2.60. The van der Waals surface area contributed by atoms with E-state index in [1.54, 1.807) is 24.3 Å². The van der Waals surface area contributed by atoms with Crippen LogP contribution in [0.3, 0.4) is 0 Å². The SMILES string of the molecule is CC(=O)c1ccc(N[C@@H]2O[C@H](CO)[C@H](O)[C@@H](O)[C@H]2O)cc1. The summed E-state index contributed by atoms with van der Waals surface area (Å²) in [4.78, 5) is 11.2. The Labute approximate surface area is 121 Å². The number of benzene rings is 1. The molecule has 0 radical (unpaired) electrons. The highest BCUT2D eigenvalue weighted by Gasteiger charge is 2.43. The van der Waals surface area contributed by atoms with Crippen LogP contribution in [0.15, 0.2) is 24.3 Å².